The third-order valence-electron chi connectivity index (χ3n) is 5.06. The maximum atomic E-state index is 12.7. The summed E-state index contributed by atoms with van der Waals surface area (Å²) in [6.07, 6.45) is 1.86. The Morgan fingerprint density at radius 3 is 2.54 bits per heavy atom. The second kappa shape index (κ2) is 7.63. The summed E-state index contributed by atoms with van der Waals surface area (Å²) in [5.74, 6) is -0.0917. The second-order valence-corrected chi connectivity index (χ2v) is 6.98. The van der Waals surface area contributed by atoms with E-state index in [0.29, 0.717) is 18.0 Å². The number of halogens is 1. The molecule has 7 nitrogen and oxygen atoms in total. The first-order chi connectivity index (χ1) is 12.1. The lowest BCUT2D eigenvalue weighted by Crippen LogP contribution is -2.50. The Bertz CT molecular complexity index is 718. The van der Waals surface area contributed by atoms with Crippen LogP contribution in [-0.2, 0) is 9.59 Å². The van der Waals surface area contributed by atoms with Crippen LogP contribution in [0.3, 0.4) is 0 Å². The molecule has 0 aromatic heterocycles. The minimum absolute atomic E-state index is 0. The number of carbonyl (C=O) groups is 3. The monoisotopic (exact) mass is 378 g/mol. The molecule has 2 aliphatic heterocycles. The predicted molar refractivity (Wildman–Crippen MR) is 98.0 cm³/mol. The van der Waals surface area contributed by atoms with Crippen LogP contribution in [0.25, 0.3) is 0 Å². The van der Waals surface area contributed by atoms with Gasteiger partial charge in [-0.15, -0.1) is 12.4 Å². The van der Waals surface area contributed by atoms with E-state index in [1.54, 1.807) is 11.0 Å². The number of carbonyl (C=O) groups excluding carboxylic acids is 3. The molecule has 1 aromatic rings. The van der Waals surface area contributed by atoms with Crippen molar-refractivity contribution < 1.29 is 14.4 Å². The summed E-state index contributed by atoms with van der Waals surface area (Å²) in [6, 6.07) is 6.74. The van der Waals surface area contributed by atoms with Crippen molar-refractivity contribution in [2.45, 2.75) is 24.9 Å². The SMILES string of the molecule is Cl.O=C(CNC(=O)C1c2ccccc2C(=O)N1C1CC1)NCC1CNC1. The minimum atomic E-state index is -0.625. The van der Waals surface area contributed by atoms with Crippen molar-refractivity contribution in [2.24, 2.45) is 5.92 Å². The van der Waals surface area contributed by atoms with Gasteiger partial charge in [0.25, 0.3) is 5.91 Å². The third-order valence-corrected chi connectivity index (χ3v) is 5.06. The molecule has 2 heterocycles. The summed E-state index contributed by atoms with van der Waals surface area (Å²) in [4.78, 5) is 38.9. The maximum Gasteiger partial charge on any atom is 0.255 e. The van der Waals surface area contributed by atoms with Gasteiger partial charge in [0.15, 0.2) is 0 Å². The fourth-order valence-corrected chi connectivity index (χ4v) is 3.41. The zero-order valence-electron chi connectivity index (χ0n) is 14.4. The van der Waals surface area contributed by atoms with Crippen molar-refractivity contribution in [1.29, 1.82) is 0 Å². The van der Waals surface area contributed by atoms with Crippen LogP contribution in [0, 0.1) is 5.92 Å². The Morgan fingerprint density at radius 1 is 1.15 bits per heavy atom. The van der Waals surface area contributed by atoms with E-state index in [4.69, 9.17) is 0 Å². The van der Waals surface area contributed by atoms with E-state index in [1.807, 2.05) is 18.2 Å². The van der Waals surface area contributed by atoms with Crippen LogP contribution >= 0.6 is 12.4 Å². The molecule has 26 heavy (non-hydrogen) atoms. The van der Waals surface area contributed by atoms with Gasteiger partial charge in [-0.1, -0.05) is 18.2 Å². The van der Waals surface area contributed by atoms with E-state index in [0.717, 1.165) is 31.5 Å². The van der Waals surface area contributed by atoms with Crippen LogP contribution in [-0.4, -0.2) is 54.8 Å². The first-order valence-corrected chi connectivity index (χ1v) is 8.82. The first-order valence-electron chi connectivity index (χ1n) is 8.82. The van der Waals surface area contributed by atoms with Crippen molar-refractivity contribution in [3.63, 3.8) is 0 Å². The quantitative estimate of drug-likeness (QED) is 0.660. The van der Waals surface area contributed by atoms with E-state index in [-0.39, 0.29) is 42.7 Å². The highest BCUT2D eigenvalue weighted by atomic mass is 35.5. The van der Waals surface area contributed by atoms with E-state index in [2.05, 4.69) is 16.0 Å². The van der Waals surface area contributed by atoms with Crippen LogP contribution in [0.5, 0.6) is 0 Å². The topological polar surface area (TPSA) is 90.5 Å². The lowest BCUT2D eigenvalue weighted by molar-refractivity contribution is -0.129. The molecule has 3 amide bonds. The second-order valence-electron chi connectivity index (χ2n) is 6.98. The number of hydrogen-bond donors (Lipinski definition) is 3. The lowest BCUT2D eigenvalue weighted by atomic mass is 10.0. The molecule has 1 saturated heterocycles. The molecule has 1 aromatic carbocycles. The maximum absolute atomic E-state index is 12.7. The first kappa shape index (κ1) is 18.7. The average molecular weight is 379 g/mol. The van der Waals surface area contributed by atoms with Crippen molar-refractivity contribution in [2.75, 3.05) is 26.2 Å². The highest BCUT2D eigenvalue weighted by Gasteiger charge is 2.47. The molecule has 1 saturated carbocycles. The number of nitrogens with zero attached hydrogens (tertiary/aromatic N) is 1. The number of benzene rings is 1. The molecule has 4 rings (SSSR count). The summed E-state index contributed by atoms with van der Waals surface area (Å²) < 4.78 is 0. The number of hydrogen-bond acceptors (Lipinski definition) is 4. The summed E-state index contributed by atoms with van der Waals surface area (Å²) >= 11 is 0. The molecular formula is C18H23ClN4O3. The van der Waals surface area contributed by atoms with Crippen LogP contribution in [0.4, 0.5) is 0 Å². The van der Waals surface area contributed by atoms with Crippen molar-refractivity contribution >= 4 is 30.1 Å². The largest absolute Gasteiger partial charge is 0.354 e. The Hall–Kier alpha value is -2.12. The average Bonchev–Trinajstić information content (AvgIpc) is 3.36. The fourth-order valence-electron chi connectivity index (χ4n) is 3.41. The Kier molecular flexibility index (Phi) is 5.48. The van der Waals surface area contributed by atoms with Crippen LogP contribution in [0.1, 0.15) is 34.8 Å². The lowest BCUT2D eigenvalue weighted by Gasteiger charge is -2.27. The smallest absolute Gasteiger partial charge is 0.255 e. The normalized spacial score (nSPS) is 21.5. The summed E-state index contributed by atoms with van der Waals surface area (Å²) in [6.45, 7) is 2.40. The number of fused-ring (bicyclic) bond motifs is 1. The highest BCUT2D eigenvalue weighted by Crippen LogP contribution is 2.41. The molecule has 1 aliphatic carbocycles. The molecule has 140 valence electrons. The van der Waals surface area contributed by atoms with E-state index in [1.165, 1.54) is 0 Å². The molecule has 0 radical (unpaired) electrons. The van der Waals surface area contributed by atoms with Gasteiger partial charge >= 0.3 is 0 Å². The molecule has 2 fully saturated rings. The standard InChI is InChI=1S/C18H22N4O3.ClH/c23-15(20-9-11-7-19-8-11)10-21-17(24)16-13-3-1-2-4-14(13)18(25)22(16)12-5-6-12;/h1-4,11-12,16,19H,5-10H2,(H,20,23)(H,21,24);1H. The number of amides is 3. The molecule has 1 unspecified atom stereocenters. The van der Waals surface area contributed by atoms with Gasteiger partial charge in [-0.05, 0) is 24.5 Å². The Balaban J connectivity index is 0.00000196. The summed E-state index contributed by atoms with van der Waals surface area (Å²) in [5, 5.41) is 8.68. The van der Waals surface area contributed by atoms with Gasteiger partial charge in [-0.25, -0.2) is 0 Å². The van der Waals surface area contributed by atoms with Gasteiger partial charge < -0.3 is 20.9 Å². The van der Waals surface area contributed by atoms with Crippen molar-refractivity contribution in [3.8, 4) is 0 Å². The number of rotatable bonds is 6. The van der Waals surface area contributed by atoms with Crippen LogP contribution in [0.2, 0.25) is 0 Å². The minimum Gasteiger partial charge on any atom is -0.354 e. The van der Waals surface area contributed by atoms with Gasteiger partial charge in [0.2, 0.25) is 11.8 Å². The van der Waals surface area contributed by atoms with Gasteiger partial charge in [-0.3, -0.25) is 14.4 Å². The Labute approximate surface area is 158 Å². The molecule has 1 atom stereocenters. The Morgan fingerprint density at radius 2 is 1.88 bits per heavy atom. The van der Waals surface area contributed by atoms with Gasteiger partial charge in [0.1, 0.15) is 6.04 Å². The van der Waals surface area contributed by atoms with Gasteiger partial charge in [-0.2, -0.15) is 0 Å². The summed E-state index contributed by atoms with van der Waals surface area (Å²) in [5.41, 5.74) is 1.33. The van der Waals surface area contributed by atoms with Crippen LogP contribution in [0.15, 0.2) is 24.3 Å². The highest BCUT2D eigenvalue weighted by molar-refractivity contribution is 6.05. The van der Waals surface area contributed by atoms with E-state index in [9.17, 15) is 14.4 Å². The van der Waals surface area contributed by atoms with Gasteiger partial charge in [0, 0.05) is 37.2 Å². The zero-order chi connectivity index (χ0) is 17.4. The van der Waals surface area contributed by atoms with Crippen molar-refractivity contribution in [1.82, 2.24) is 20.9 Å². The zero-order valence-corrected chi connectivity index (χ0v) is 15.2. The predicted octanol–water partition coefficient (Wildman–Crippen LogP) is 0.220. The molecule has 0 spiro atoms. The van der Waals surface area contributed by atoms with E-state index < -0.39 is 6.04 Å². The molecule has 0 bridgehead atoms. The number of nitrogens with one attached hydrogen (secondary N) is 3. The van der Waals surface area contributed by atoms with Gasteiger partial charge in [0.05, 0.1) is 6.54 Å². The van der Waals surface area contributed by atoms with Crippen molar-refractivity contribution in [3.05, 3.63) is 35.4 Å². The molecule has 8 heteroatoms. The van der Waals surface area contributed by atoms with E-state index >= 15 is 0 Å². The molecular weight excluding hydrogens is 356 g/mol. The molecule has 3 aliphatic rings. The summed E-state index contributed by atoms with van der Waals surface area (Å²) in [7, 11) is 0. The molecule has 3 N–H and O–H groups in total. The van der Waals surface area contributed by atoms with Crippen LogP contribution < -0.4 is 16.0 Å². The third kappa shape index (κ3) is 3.54. The fraction of sp³-hybridized carbons (Fsp3) is 0.500.